The second-order valence-electron chi connectivity index (χ2n) is 8.43. The van der Waals surface area contributed by atoms with Crippen LogP contribution in [0.2, 0.25) is 0 Å². The zero-order valence-electron chi connectivity index (χ0n) is 17.4. The van der Waals surface area contributed by atoms with Crippen LogP contribution in [0.5, 0.6) is 0 Å². The number of likely N-dealkylation sites (N-methyl/N-ethyl adjacent to an activating group) is 1. The molecule has 2 fully saturated rings. The summed E-state index contributed by atoms with van der Waals surface area (Å²) in [5.41, 5.74) is 3.90. The minimum absolute atomic E-state index is 0.0120. The molecule has 2 aromatic rings. The maximum absolute atomic E-state index is 13.3. The van der Waals surface area contributed by atoms with Crippen LogP contribution in [-0.4, -0.2) is 84.2 Å². The van der Waals surface area contributed by atoms with Crippen molar-refractivity contribution >= 4 is 5.91 Å². The molecule has 5 nitrogen and oxygen atoms in total. The third-order valence-corrected chi connectivity index (χ3v) is 6.33. The standard InChI is InChI=1S/C24H31N3O2/c1-18-6-5-7-19(16-18)20-8-3-4-9-21(20)24(29)27-11-10-22(23(28)17-27)26-14-12-25(2)13-15-26/h3-9,16,22-23,28H,10-15,17H2,1-2H3/t22-,23-/m1/s1. The molecule has 1 amide bonds. The lowest BCUT2D eigenvalue weighted by atomic mass is 9.95. The van der Waals surface area contributed by atoms with Crippen LogP contribution >= 0.6 is 0 Å². The molecular weight excluding hydrogens is 362 g/mol. The largest absolute Gasteiger partial charge is 0.390 e. The van der Waals surface area contributed by atoms with E-state index in [1.165, 1.54) is 5.56 Å². The molecular formula is C24H31N3O2. The summed E-state index contributed by atoms with van der Waals surface area (Å²) in [4.78, 5) is 19.9. The van der Waals surface area contributed by atoms with Gasteiger partial charge in [-0.1, -0.05) is 48.0 Å². The number of aliphatic hydroxyl groups excluding tert-OH is 1. The van der Waals surface area contributed by atoms with Crippen LogP contribution in [-0.2, 0) is 0 Å². The average molecular weight is 394 g/mol. The van der Waals surface area contributed by atoms with Gasteiger partial charge in [-0.15, -0.1) is 0 Å². The van der Waals surface area contributed by atoms with Crippen LogP contribution in [0.15, 0.2) is 48.5 Å². The van der Waals surface area contributed by atoms with Gasteiger partial charge in [0.2, 0.25) is 0 Å². The third-order valence-electron chi connectivity index (χ3n) is 6.33. The summed E-state index contributed by atoms with van der Waals surface area (Å²) in [6.07, 6.45) is 0.325. The Hall–Kier alpha value is -2.21. The number of aliphatic hydroxyl groups is 1. The molecule has 0 saturated carbocycles. The van der Waals surface area contributed by atoms with Crippen LogP contribution in [0.25, 0.3) is 11.1 Å². The molecule has 0 unspecified atom stereocenters. The number of piperidine rings is 1. The van der Waals surface area contributed by atoms with Crippen LogP contribution < -0.4 is 0 Å². The third kappa shape index (κ3) is 4.37. The molecule has 2 atom stereocenters. The number of amides is 1. The molecule has 0 aromatic heterocycles. The number of benzene rings is 2. The molecule has 5 heteroatoms. The van der Waals surface area contributed by atoms with Crippen LogP contribution in [0.1, 0.15) is 22.3 Å². The van der Waals surface area contributed by atoms with Crippen molar-refractivity contribution < 1.29 is 9.90 Å². The second kappa shape index (κ2) is 8.66. The van der Waals surface area contributed by atoms with Crippen LogP contribution in [0, 0.1) is 6.92 Å². The highest BCUT2D eigenvalue weighted by molar-refractivity contribution is 6.01. The second-order valence-corrected chi connectivity index (χ2v) is 8.43. The van der Waals surface area contributed by atoms with Crippen LogP contribution in [0.3, 0.4) is 0 Å². The van der Waals surface area contributed by atoms with Crippen molar-refractivity contribution in [1.29, 1.82) is 0 Å². The first kappa shape index (κ1) is 20.1. The molecule has 0 bridgehead atoms. The molecule has 2 saturated heterocycles. The van der Waals surface area contributed by atoms with Gasteiger partial charge in [0, 0.05) is 50.9 Å². The summed E-state index contributed by atoms with van der Waals surface area (Å²) in [5, 5.41) is 10.8. The first-order valence-electron chi connectivity index (χ1n) is 10.6. The van der Waals surface area contributed by atoms with Crippen molar-refractivity contribution in [2.75, 3.05) is 46.3 Å². The summed E-state index contributed by atoms with van der Waals surface area (Å²) < 4.78 is 0. The lowest BCUT2D eigenvalue weighted by molar-refractivity contribution is -0.0219. The van der Waals surface area contributed by atoms with E-state index in [1.54, 1.807) is 0 Å². The highest BCUT2D eigenvalue weighted by atomic mass is 16.3. The van der Waals surface area contributed by atoms with E-state index in [2.05, 4.69) is 35.9 Å². The molecule has 0 aliphatic carbocycles. The number of aryl methyl sites for hydroxylation is 1. The van der Waals surface area contributed by atoms with Gasteiger partial charge in [-0.05, 0) is 37.6 Å². The van der Waals surface area contributed by atoms with E-state index < -0.39 is 6.10 Å². The van der Waals surface area contributed by atoms with E-state index in [1.807, 2.05) is 41.3 Å². The first-order chi connectivity index (χ1) is 14.0. The van der Waals surface area contributed by atoms with Gasteiger partial charge in [-0.25, -0.2) is 0 Å². The van der Waals surface area contributed by atoms with E-state index in [-0.39, 0.29) is 11.9 Å². The number of piperazine rings is 1. The van der Waals surface area contributed by atoms with Gasteiger partial charge in [0.15, 0.2) is 0 Å². The van der Waals surface area contributed by atoms with Crippen LogP contribution in [0.4, 0.5) is 0 Å². The fourth-order valence-electron chi connectivity index (χ4n) is 4.59. The zero-order valence-corrected chi connectivity index (χ0v) is 17.4. The van der Waals surface area contributed by atoms with Crippen molar-refractivity contribution in [3.8, 4) is 11.1 Å². The molecule has 4 rings (SSSR count). The van der Waals surface area contributed by atoms with E-state index >= 15 is 0 Å². The van der Waals surface area contributed by atoms with Crippen molar-refractivity contribution in [3.05, 3.63) is 59.7 Å². The van der Waals surface area contributed by atoms with Crippen molar-refractivity contribution in [2.45, 2.75) is 25.5 Å². The number of carbonyl (C=O) groups is 1. The number of hydrogen-bond donors (Lipinski definition) is 1. The Morgan fingerprint density at radius 2 is 1.76 bits per heavy atom. The summed E-state index contributed by atoms with van der Waals surface area (Å²) >= 11 is 0. The normalized spacial score (nSPS) is 23.9. The number of rotatable bonds is 3. The Kier molecular flexibility index (Phi) is 5.99. The Bertz CT molecular complexity index is 861. The maximum atomic E-state index is 13.3. The average Bonchev–Trinajstić information content (AvgIpc) is 2.74. The smallest absolute Gasteiger partial charge is 0.254 e. The Morgan fingerprint density at radius 1 is 1.00 bits per heavy atom. The quantitative estimate of drug-likeness (QED) is 0.870. The highest BCUT2D eigenvalue weighted by Crippen LogP contribution is 2.27. The van der Waals surface area contributed by atoms with Gasteiger partial charge in [0.05, 0.1) is 6.10 Å². The molecule has 29 heavy (non-hydrogen) atoms. The number of β-amino-alcohol motifs (C(OH)–C–C–N with tert-alkyl or cyclic N) is 1. The van der Waals surface area contributed by atoms with Gasteiger partial charge in [-0.2, -0.15) is 0 Å². The van der Waals surface area contributed by atoms with Gasteiger partial charge in [0.25, 0.3) is 5.91 Å². The number of likely N-dealkylation sites (tertiary alicyclic amines) is 1. The molecule has 2 aliphatic rings. The van der Waals surface area contributed by atoms with E-state index in [0.29, 0.717) is 18.7 Å². The van der Waals surface area contributed by atoms with Crippen molar-refractivity contribution in [1.82, 2.24) is 14.7 Å². The number of hydrogen-bond acceptors (Lipinski definition) is 4. The van der Waals surface area contributed by atoms with Gasteiger partial charge >= 0.3 is 0 Å². The highest BCUT2D eigenvalue weighted by Gasteiger charge is 2.35. The molecule has 2 aliphatic heterocycles. The predicted molar refractivity (Wildman–Crippen MR) is 116 cm³/mol. The summed E-state index contributed by atoms with van der Waals surface area (Å²) in [7, 11) is 2.14. The lowest BCUT2D eigenvalue weighted by Crippen LogP contribution is -2.59. The first-order valence-corrected chi connectivity index (χ1v) is 10.6. The molecule has 0 radical (unpaired) electrons. The van der Waals surface area contributed by atoms with Crippen molar-refractivity contribution in [3.63, 3.8) is 0 Å². The fraction of sp³-hybridized carbons (Fsp3) is 0.458. The molecule has 1 N–H and O–H groups in total. The maximum Gasteiger partial charge on any atom is 0.254 e. The fourth-order valence-corrected chi connectivity index (χ4v) is 4.59. The predicted octanol–water partition coefficient (Wildman–Crippen LogP) is 2.48. The Morgan fingerprint density at radius 3 is 2.48 bits per heavy atom. The summed E-state index contributed by atoms with van der Waals surface area (Å²) in [6.45, 7) is 7.21. The molecule has 2 heterocycles. The number of carbonyl (C=O) groups excluding carboxylic acids is 1. The summed E-state index contributed by atoms with van der Waals surface area (Å²) in [5.74, 6) is 0.0120. The monoisotopic (exact) mass is 393 g/mol. The summed E-state index contributed by atoms with van der Waals surface area (Å²) in [6, 6.07) is 16.2. The lowest BCUT2D eigenvalue weighted by Gasteiger charge is -2.44. The Balaban J connectivity index is 1.49. The topological polar surface area (TPSA) is 47.0 Å². The van der Waals surface area contributed by atoms with Crippen molar-refractivity contribution in [2.24, 2.45) is 0 Å². The van der Waals surface area contributed by atoms with Gasteiger partial charge < -0.3 is 14.9 Å². The minimum Gasteiger partial charge on any atom is -0.390 e. The minimum atomic E-state index is -0.498. The van der Waals surface area contributed by atoms with Gasteiger partial charge in [-0.3, -0.25) is 9.69 Å². The molecule has 0 spiro atoms. The SMILES string of the molecule is Cc1cccc(-c2ccccc2C(=O)N2CC[C@@H](N3CCN(C)CC3)[C@H](O)C2)c1. The Labute approximate surface area is 173 Å². The molecule has 154 valence electrons. The van der Waals surface area contributed by atoms with E-state index in [0.717, 1.165) is 43.7 Å². The van der Waals surface area contributed by atoms with E-state index in [4.69, 9.17) is 0 Å². The van der Waals surface area contributed by atoms with E-state index in [9.17, 15) is 9.90 Å². The zero-order chi connectivity index (χ0) is 20.4. The molecule has 2 aromatic carbocycles. The van der Waals surface area contributed by atoms with Gasteiger partial charge in [0.1, 0.15) is 0 Å². The number of nitrogens with zero attached hydrogens (tertiary/aromatic N) is 3.